The lowest BCUT2D eigenvalue weighted by Crippen LogP contribution is -1.84. The quantitative estimate of drug-likeness (QED) is 0.576. The second kappa shape index (κ2) is 2.85. The summed E-state index contributed by atoms with van der Waals surface area (Å²) in [6, 6.07) is 5.10. The Labute approximate surface area is 70.5 Å². The Kier molecular flexibility index (Phi) is 2.06. The minimum atomic E-state index is 0.138. The number of rotatable bonds is 0. The summed E-state index contributed by atoms with van der Waals surface area (Å²) >= 11 is 4.06. The number of aromatic hydroxyl groups is 1. The molecule has 0 bridgehead atoms. The highest BCUT2D eigenvalue weighted by Gasteiger charge is 2.05. The molecule has 0 unspecified atom stereocenters. The van der Waals surface area contributed by atoms with E-state index >= 15 is 0 Å². The summed E-state index contributed by atoms with van der Waals surface area (Å²) in [5.74, 6) is 0.138. The lowest BCUT2D eigenvalue weighted by atomic mass is 10.1. The minimum absolute atomic E-state index is 0.138. The van der Waals surface area contributed by atoms with E-state index in [9.17, 15) is 5.11 Å². The Morgan fingerprint density at radius 3 is 2.64 bits per heavy atom. The summed E-state index contributed by atoms with van der Waals surface area (Å²) in [7, 11) is 0. The van der Waals surface area contributed by atoms with E-state index in [4.69, 9.17) is 5.26 Å². The van der Waals surface area contributed by atoms with E-state index in [0.29, 0.717) is 16.0 Å². The second-order valence-electron chi connectivity index (χ2n) is 2.22. The van der Waals surface area contributed by atoms with Gasteiger partial charge in [-0.3, -0.25) is 0 Å². The van der Waals surface area contributed by atoms with Gasteiger partial charge in [0.05, 0.1) is 5.56 Å². The molecule has 0 fully saturated rings. The molecule has 0 aromatic heterocycles. The molecule has 2 nitrogen and oxygen atoms in total. The first kappa shape index (κ1) is 7.96. The van der Waals surface area contributed by atoms with Crippen molar-refractivity contribution in [2.75, 3.05) is 0 Å². The molecule has 0 radical (unpaired) electrons. The third-order valence-corrected chi connectivity index (χ3v) is 1.90. The molecule has 3 heteroatoms. The molecule has 0 amide bonds. The van der Waals surface area contributed by atoms with Crippen molar-refractivity contribution in [3.05, 3.63) is 23.3 Å². The zero-order chi connectivity index (χ0) is 8.43. The summed E-state index contributed by atoms with van der Waals surface area (Å²) in [5, 5.41) is 17.8. The minimum Gasteiger partial charge on any atom is -0.508 e. The van der Waals surface area contributed by atoms with Gasteiger partial charge in [0.2, 0.25) is 0 Å². The summed E-state index contributed by atoms with van der Waals surface area (Å²) in [5.41, 5.74) is 1.02. The molecule has 0 saturated carbocycles. The van der Waals surface area contributed by atoms with Crippen LogP contribution in [0.1, 0.15) is 11.1 Å². The standard InChI is InChI=1S/C8H7NOS/c1-5-6(4-9)8(11)3-2-7(5)10/h2-3,10-11H,1H3. The Balaban J connectivity index is 3.44. The molecule has 11 heavy (non-hydrogen) atoms. The van der Waals surface area contributed by atoms with Crippen molar-refractivity contribution in [3.63, 3.8) is 0 Å². The highest BCUT2D eigenvalue weighted by molar-refractivity contribution is 7.80. The van der Waals surface area contributed by atoms with Gasteiger partial charge in [-0.2, -0.15) is 5.26 Å². The van der Waals surface area contributed by atoms with Crippen molar-refractivity contribution in [2.45, 2.75) is 11.8 Å². The molecule has 1 aromatic carbocycles. The number of nitriles is 1. The number of phenols is 1. The fourth-order valence-corrected chi connectivity index (χ4v) is 1.12. The Bertz CT molecular complexity index is 328. The van der Waals surface area contributed by atoms with Gasteiger partial charge in [0.1, 0.15) is 11.8 Å². The molecular formula is C8H7NOS. The van der Waals surface area contributed by atoms with Gasteiger partial charge >= 0.3 is 0 Å². The highest BCUT2D eigenvalue weighted by Crippen LogP contribution is 2.24. The van der Waals surface area contributed by atoms with Crippen molar-refractivity contribution in [2.24, 2.45) is 0 Å². The topological polar surface area (TPSA) is 44.0 Å². The molecular weight excluding hydrogens is 158 g/mol. The van der Waals surface area contributed by atoms with E-state index in [0.717, 1.165) is 0 Å². The normalized spacial score (nSPS) is 9.18. The van der Waals surface area contributed by atoms with Gasteiger partial charge in [0, 0.05) is 10.5 Å². The van der Waals surface area contributed by atoms with Crippen molar-refractivity contribution in [3.8, 4) is 11.8 Å². The third kappa shape index (κ3) is 1.31. The van der Waals surface area contributed by atoms with Crippen LogP contribution in [-0.2, 0) is 0 Å². The van der Waals surface area contributed by atoms with Crippen LogP contribution in [0, 0.1) is 18.3 Å². The molecule has 0 heterocycles. The van der Waals surface area contributed by atoms with Gasteiger partial charge in [-0.1, -0.05) is 0 Å². The predicted octanol–water partition coefficient (Wildman–Crippen LogP) is 1.86. The Hall–Kier alpha value is -1.14. The largest absolute Gasteiger partial charge is 0.508 e. The van der Waals surface area contributed by atoms with Crippen LogP contribution >= 0.6 is 12.6 Å². The summed E-state index contributed by atoms with van der Waals surface area (Å²) < 4.78 is 0. The van der Waals surface area contributed by atoms with Gasteiger partial charge in [0.25, 0.3) is 0 Å². The fourth-order valence-electron chi connectivity index (χ4n) is 0.828. The number of hydrogen-bond acceptors (Lipinski definition) is 3. The second-order valence-corrected chi connectivity index (χ2v) is 2.70. The van der Waals surface area contributed by atoms with Gasteiger partial charge in [-0.15, -0.1) is 12.6 Å². The summed E-state index contributed by atoms with van der Waals surface area (Å²) in [4.78, 5) is 0.600. The molecule has 0 aliphatic carbocycles. The molecule has 0 spiro atoms. The molecule has 56 valence electrons. The smallest absolute Gasteiger partial charge is 0.119 e. The van der Waals surface area contributed by atoms with E-state index in [1.54, 1.807) is 13.0 Å². The maximum absolute atomic E-state index is 9.17. The van der Waals surface area contributed by atoms with E-state index in [-0.39, 0.29) is 5.75 Å². The van der Waals surface area contributed by atoms with Crippen LogP contribution in [0.25, 0.3) is 0 Å². The van der Waals surface area contributed by atoms with Gasteiger partial charge in [-0.05, 0) is 19.1 Å². The zero-order valence-corrected chi connectivity index (χ0v) is 6.89. The SMILES string of the molecule is Cc1c(O)ccc(S)c1C#N. The van der Waals surface area contributed by atoms with E-state index < -0.39 is 0 Å². The number of thiol groups is 1. The van der Waals surface area contributed by atoms with Crippen molar-refractivity contribution in [1.82, 2.24) is 0 Å². The van der Waals surface area contributed by atoms with E-state index in [2.05, 4.69) is 12.6 Å². The summed E-state index contributed by atoms with van der Waals surface area (Å²) in [6.45, 7) is 1.69. The van der Waals surface area contributed by atoms with Crippen LogP contribution in [0.15, 0.2) is 17.0 Å². The van der Waals surface area contributed by atoms with Crippen LogP contribution < -0.4 is 0 Å². The molecule has 0 aliphatic rings. The van der Waals surface area contributed by atoms with Crippen LogP contribution in [0.3, 0.4) is 0 Å². The number of benzene rings is 1. The lowest BCUT2D eigenvalue weighted by Gasteiger charge is -2.01. The van der Waals surface area contributed by atoms with Gasteiger partial charge < -0.3 is 5.11 Å². The average molecular weight is 165 g/mol. The molecule has 0 atom stereocenters. The number of phenolic OH excluding ortho intramolecular Hbond substituents is 1. The first-order valence-electron chi connectivity index (χ1n) is 3.08. The monoisotopic (exact) mass is 165 g/mol. The maximum Gasteiger partial charge on any atom is 0.119 e. The van der Waals surface area contributed by atoms with E-state index in [1.165, 1.54) is 6.07 Å². The highest BCUT2D eigenvalue weighted by atomic mass is 32.1. The van der Waals surface area contributed by atoms with Gasteiger partial charge in [0.15, 0.2) is 0 Å². The molecule has 1 rings (SSSR count). The van der Waals surface area contributed by atoms with Crippen LogP contribution in [0.4, 0.5) is 0 Å². The van der Waals surface area contributed by atoms with Crippen LogP contribution in [0.5, 0.6) is 5.75 Å². The first-order valence-corrected chi connectivity index (χ1v) is 3.53. The fraction of sp³-hybridized carbons (Fsp3) is 0.125. The van der Waals surface area contributed by atoms with Crippen molar-refractivity contribution >= 4 is 12.6 Å². The van der Waals surface area contributed by atoms with Gasteiger partial charge in [-0.25, -0.2) is 0 Å². The maximum atomic E-state index is 9.17. The Morgan fingerprint density at radius 2 is 2.18 bits per heavy atom. The van der Waals surface area contributed by atoms with E-state index in [1.807, 2.05) is 6.07 Å². The molecule has 0 aliphatic heterocycles. The lowest BCUT2D eigenvalue weighted by molar-refractivity contribution is 0.470. The zero-order valence-electron chi connectivity index (χ0n) is 6.00. The van der Waals surface area contributed by atoms with Crippen LogP contribution in [-0.4, -0.2) is 5.11 Å². The number of nitrogens with zero attached hydrogens (tertiary/aromatic N) is 1. The number of hydrogen-bond donors (Lipinski definition) is 2. The average Bonchev–Trinajstić information content (AvgIpc) is 1.99. The van der Waals surface area contributed by atoms with Crippen molar-refractivity contribution in [1.29, 1.82) is 5.26 Å². The first-order chi connectivity index (χ1) is 5.16. The molecule has 1 aromatic rings. The molecule has 0 saturated heterocycles. The van der Waals surface area contributed by atoms with Crippen LogP contribution in [0.2, 0.25) is 0 Å². The predicted molar refractivity (Wildman–Crippen MR) is 44.8 cm³/mol. The third-order valence-electron chi connectivity index (χ3n) is 1.53. The Morgan fingerprint density at radius 1 is 1.55 bits per heavy atom. The summed E-state index contributed by atoms with van der Waals surface area (Å²) in [6.07, 6.45) is 0. The molecule has 1 N–H and O–H groups in total. The van der Waals surface area contributed by atoms with Crippen molar-refractivity contribution < 1.29 is 5.11 Å².